The molecular weight excluding hydrogens is 265 g/mol. The highest BCUT2D eigenvalue weighted by atomic mass is 19.4. The second-order valence-electron chi connectivity index (χ2n) is 5.41. The molecule has 0 saturated carbocycles. The van der Waals surface area contributed by atoms with E-state index >= 15 is 0 Å². The number of alkyl halides is 3. The smallest absolute Gasteiger partial charge is 0.329 e. The van der Waals surface area contributed by atoms with Gasteiger partial charge in [0.05, 0.1) is 5.56 Å². The van der Waals surface area contributed by atoms with Crippen molar-refractivity contribution in [2.75, 3.05) is 13.1 Å². The van der Waals surface area contributed by atoms with Gasteiger partial charge >= 0.3 is 6.18 Å². The SMILES string of the molecule is NCC1CCCCCN1Cc1cccc(C(F)(F)F)c1. The van der Waals surface area contributed by atoms with Crippen LogP contribution >= 0.6 is 0 Å². The van der Waals surface area contributed by atoms with Gasteiger partial charge in [0.2, 0.25) is 0 Å². The Morgan fingerprint density at radius 3 is 2.70 bits per heavy atom. The minimum atomic E-state index is -4.28. The largest absolute Gasteiger partial charge is 0.416 e. The lowest BCUT2D eigenvalue weighted by molar-refractivity contribution is -0.137. The van der Waals surface area contributed by atoms with Gasteiger partial charge in [-0.3, -0.25) is 4.90 Å². The lowest BCUT2D eigenvalue weighted by Crippen LogP contribution is -2.39. The highest BCUT2D eigenvalue weighted by Crippen LogP contribution is 2.30. The summed E-state index contributed by atoms with van der Waals surface area (Å²) in [4.78, 5) is 2.22. The number of rotatable bonds is 3. The van der Waals surface area contributed by atoms with Crippen LogP contribution in [0.2, 0.25) is 0 Å². The summed E-state index contributed by atoms with van der Waals surface area (Å²) in [6.45, 7) is 2.03. The van der Waals surface area contributed by atoms with Gasteiger partial charge in [-0.25, -0.2) is 0 Å². The predicted octanol–water partition coefficient (Wildman–Crippen LogP) is 3.41. The molecule has 0 aliphatic carbocycles. The van der Waals surface area contributed by atoms with Gasteiger partial charge in [0.15, 0.2) is 0 Å². The number of likely N-dealkylation sites (tertiary alicyclic amines) is 1. The van der Waals surface area contributed by atoms with Crippen LogP contribution in [0.25, 0.3) is 0 Å². The Balaban J connectivity index is 2.11. The van der Waals surface area contributed by atoms with E-state index in [0.717, 1.165) is 31.9 Å². The molecule has 1 atom stereocenters. The van der Waals surface area contributed by atoms with E-state index in [9.17, 15) is 13.2 Å². The van der Waals surface area contributed by atoms with Gasteiger partial charge in [0.25, 0.3) is 0 Å². The number of hydrogen-bond acceptors (Lipinski definition) is 2. The molecule has 2 nitrogen and oxygen atoms in total. The molecule has 20 heavy (non-hydrogen) atoms. The molecule has 2 N–H and O–H groups in total. The van der Waals surface area contributed by atoms with Crippen molar-refractivity contribution in [3.8, 4) is 0 Å². The minimum absolute atomic E-state index is 0.284. The quantitative estimate of drug-likeness (QED) is 0.922. The van der Waals surface area contributed by atoms with Crippen molar-refractivity contribution in [2.24, 2.45) is 5.73 Å². The Morgan fingerprint density at radius 2 is 2.00 bits per heavy atom. The first-order valence-electron chi connectivity index (χ1n) is 7.11. The van der Waals surface area contributed by atoms with E-state index in [1.54, 1.807) is 6.07 Å². The lowest BCUT2D eigenvalue weighted by Gasteiger charge is -2.29. The molecule has 1 aromatic rings. The van der Waals surface area contributed by atoms with Crippen LogP contribution in [0.5, 0.6) is 0 Å². The van der Waals surface area contributed by atoms with Crippen LogP contribution in [0.1, 0.15) is 36.8 Å². The maximum atomic E-state index is 12.7. The zero-order valence-electron chi connectivity index (χ0n) is 11.5. The van der Waals surface area contributed by atoms with Crippen molar-refractivity contribution >= 4 is 0 Å². The van der Waals surface area contributed by atoms with E-state index in [1.165, 1.54) is 18.6 Å². The highest BCUT2D eigenvalue weighted by Gasteiger charge is 2.30. The Morgan fingerprint density at radius 1 is 1.20 bits per heavy atom. The van der Waals surface area contributed by atoms with Crippen molar-refractivity contribution in [1.82, 2.24) is 4.90 Å². The first kappa shape index (κ1) is 15.3. The molecule has 1 aliphatic heterocycles. The first-order valence-corrected chi connectivity index (χ1v) is 7.11. The van der Waals surface area contributed by atoms with Crippen molar-refractivity contribution in [3.05, 3.63) is 35.4 Å². The number of hydrogen-bond donors (Lipinski definition) is 1. The third-order valence-electron chi connectivity index (χ3n) is 3.91. The van der Waals surface area contributed by atoms with Gasteiger partial charge < -0.3 is 5.73 Å². The fourth-order valence-electron chi connectivity index (χ4n) is 2.79. The summed E-state index contributed by atoms with van der Waals surface area (Å²) in [6, 6.07) is 5.89. The third kappa shape index (κ3) is 3.96. The maximum absolute atomic E-state index is 12.7. The number of benzene rings is 1. The van der Waals surface area contributed by atoms with Gasteiger partial charge in [0, 0.05) is 19.1 Å². The van der Waals surface area contributed by atoms with Crippen LogP contribution in [0.3, 0.4) is 0 Å². The van der Waals surface area contributed by atoms with Crippen molar-refractivity contribution in [2.45, 2.75) is 44.4 Å². The monoisotopic (exact) mass is 286 g/mol. The summed E-state index contributed by atoms with van der Waals surface area (Å²) in [7, 11) is 0. The van der Waals surface area contributed by atoms with Crippen LogP contribution in [0.4, 0.5) is 13.2 Å². The highest BCUT2D eigenvalue weighted by molar-refractivity contribution is 5.25. The second kappa shape index (κ2) is 6.59. The molecular formula is C15H21F3N2. The number of halogens is 3. The lowest BCUT2D eigenvalue weighted by atomic mass is 10.1. The van der Waals surface area contributed by atoms with Crippen LogP contribution in [-0.2, 0) is 12.7 Å². The normalized spacial score (nSPS) is 21.7. The van der Waals surface area contributed by atoms with Gasteiger partial charge in [-0.15, -0.1) is 0 Å². The van der Waals surface area contributed by atoms with Crippen LogP contribution in [-0.4, -0.2) is 24.0 Å². The van der Waals surface area contributed by atoms with Crippen molar-refractivity contribution < 1.29 is 13.2 Å². The third-order valence-corrected chi connectivity index (χ3v) is 3.91. The first-order chi connectivity index (χ1) is 9.50. The molecule has 112 valence electrons. The number of nitrogens with two attached hydrogens (primary N) is 1. The summed E-state index contributed by atoms with van der Waals surface area (Å²) in [5.74, 6) is 0. The van der Waals surface area contributed by atoms with E-state index in [-0.39, 0.29) is 6.04 Å². The van der Waals surface area contributed by atoms with Gasteiger partial charge in [-0.1, -0.05) is 31.0 Å². The summed E-state index contributed by atoms with van der Waals surface area (Å²) >= 11 is 0. The standard InChI is InChI=1S/C15H21F3N2/c16-15(17,18)13-6-4-5-12(9-13)11-20-8-3-1-2-7-14(20)10-19/h4-6,9,14H,1-3,7-8,10-11,19H2. The van der Waals surface area contributed by atoms with Gasteiger partial charge in [-0.05, 0) is 31.0 Å². The zero-order valence-corrected chi connectivity index (χ0v) is 11.5. The fraction of sp³-hybridized carbons (Fsp3) is 0.600. The summed E-state index contributed by atoms with van der Waals surface area (Å²) in [5.41, 5.74) is 5.93. The van der Waals surface area contributed by atoms with Crippen LogP contribution in [0.15, 0.2) is 24.3 Å². The van der Waals surface area contributed by atoms with Crippen molar-refractivity contribution in [1.29, 1.82) is 0 Å². The summed E-state index contributed by atoms with van der Waals surface area (Å²) in [6.07, 6.45) is 0.184. The summed E-state index contributed by atoms with van der Waals surface area (Å²) < 4.78 is 38.2. The molecule has 1 heterocycles. The molecule has 0 aromatic heterocycles. The van der Waals surface area contributed by atoms with E-state index in [4.69, 9.17) is 5.73 Å². The fourth-order valence-corrected chi connectivity index (χ4v) is 2.79. The minimum Gasteiger partial charge on any atom is -0.329 e. The summed E-state index contributed by atoms with van der Waals surface area (Å²) in [5, 5.41) is 0. The Labute approximate surface area is 117 Å². The maximum Gasteiger partial charge on any atom is 0.416 e. The van der Waals surface area contributed by atoms with Gasteiger partial charge in [0.1, 0.15) is 0 Å². The Kier molecular flexibility index (Phi) is 5.05. The molecule has 0 amide bonds. The van der Waals surface area contributed by atoms with E-state index in [0.29, 0.717) is 18.7 Å². The molecule has 2 rings (SSSR count). The molecule has 0 spiro atoms. The molecule has 5 heteroatoms. The topological polar surface area (TPSA) is 29.3 Å². The molecule has 1 fully saturated rings. The average molecular weight is 286 g/mol. The Bertz CT molecular complexity index is 431. The van der Waals surface area contributed by atoms with Crippen LogP contribution < -0.4 is 5.73 Å². The van der Waals surface area contributed by atoms with E-state index in [1.807, 2.05) is 0 Å². The number of nitrogens with zero attached hydrogens (tertiary/aromatic N) is 1. The van der Waals surface area contributed by atoms with Crippen molar-refractivity contribution in [3.63, 3.8) is 0 Å². The molecule has 0 bridgehead atoms. The Hall–Kier alpha value is -1.07. The molecule has 1 aliphatic rings. The van der Waals surface area contributed by atoms with Crippen LogP contribution in [0, 0.1) is 0 Å². The van der Waals surface area contributed by atoms with Gasteiger partial charge in [-0.2, -0.15) is 13.2 Å². The molecule has 1 unspecified atom stereocenters. The second-order valence-corrected chi connectivity index (χ2v) is 5.41. The van der Waals surface area contributed by atoms with E-state index in [2.05, 4.69) is 4.90 Å². The predicted molar refractivity (Wildman–Crippen MR) is 73.2 cm³/mol. The average Bonchev–Trinajstić information content (AvgIpc) is 2.63. The van der Waals surface area contributed by atoms with E-state index < -0.39 is 11.7 Å². The molecule has 1 aromatic carbocycles. The zero-order chi connectivity index (χ0) is 14.6. The molecule has 0 radical (unpaired) electrons. The molecule has 1 saturated heterocycles.